The van der Waals surface area contributed by atoms with Gasteiger partial charge in [-0.3, -0.25) is 0 Å². The molecule has 2 aromatic rings. The van der Waals surface area contributed by atoms with E-state index in [1.54, 1.807) is 0 Å². The van der Waals surface area contributed by atoms with Crippen LogP contribution in [0.15, 0.2) is 24.3 Å². The Balaban J connectivity index is 1.30. The number of ether oxygens (including phenoxy) is 1. The molecular weight excluding hydrogens is 436 g/mol. The van der Waals surface area contributed by atoms with Crippen LogP contribution in [0.1, 0.15) is 48.1 Å². The van der Waals surface area contributed by atoms with Crippen molar-refractivity contribution in [3.8, 4) is 12.1 Å². The van der Waals surface area contributed by atoms with Crippen molar-refractivity contribution in [1.82, 2.24) is 20.2 Å². The number of nitriles is 1. The second-order valence-electron chi connectivity index (χ2n) is 11.1. The smallest absolute Gasteiger partial charge is 0.318 e. The molecule has 35 heavy (non-hydrogen) atoms. The second kappa shape index (κ2) is 9.40. The lowest BCUT2D eigenvalue weighted by molar-refractivity contribution is 0.187. The van der Waals surface area contributed by atoms with Gasteiger partial charge in [-0.05, 0) is 75.1 Å². The Labute approximate surface area is 208 Å². The summed E-state index contributed by atoms with van der Waals surface area (Å²) in [6.07, 6.45) is 8.40. The van der Waals surface area contributed by atoms with Crippen LogP contribution < -0.4 is 15.0 Å². The highest BCUT2D eigenvalue weighted by Gasteiger charge is 2.43. The molecule has 4 aliphatic rings. The second-order valence-corrected chi connectivity index (χ2v) is 11.1. The van der Waals surface area contributed by atoms with Gasteiger partial charge in [0.15, 0.2) is 0 Å². The molecule has 2 saturated heterocycles. The van der Waals surface area contributed by atoms with E-state index in [0.717, 1.165) is 57.7 Å². The van der Waals surface area contributed by atoms with Gasteiger partial charge in [-0.15, -0.1) is 0 Å². The van der Waals surface area contributed by atoms with Crippen LogP contribution in [0.3, 0.4) is 0 Å². The number of aromatic nitrogens is 2. The van der Waals surface area contributed by atoms with Crippen LogP contribution in [-0.4, -0.2) is 66.8 Å². The number of benzene rings is 1. The first-order chi connectivity index (χ1) is 17.1. The van der Waals surface area contributed by atoms with Crippen molar-refractivity contribution in [1.29, 1.82) is 5.26 Å². The van der Waals surface area contributed by atoms with Gasteiger partial charge in [-0.2, -0.15) is 15.2 Å². The van der Waals surface area contributed by atoms with Gasteiger partial charge in [0, 0.05) is 37.3 Å². The minimum absolute atomic E-state index is 0.174. The molecule has 0 saturated carbocycles. The van der Waals surface area contributed by atoms with Crippen LogP contribution in [0.25, 0.3) is 0 Å². The molecule has 6 rings (SSSR count). The molecule has 0 amide bonds. The molecule has 0 radical (unpaired) electrons. The topological polar surface area (TPSA) is 77.3 Å². The van der Waals surface area contributed by atoms with E-state index in [1.165, 1.54) is 41.6 Å². The Hall–Kier alpha value is -2.69. The largest absolute Gasteiger partial charge is 0.462 e. The van der Waals surface area contributed by atoms with Crippen molar-refractivity contribution in [3.63, 3.8) is 0 Å². The lowest BCUT2D eigenvalue weighted by Crippen LogP contribution is -2.51. The summed E-state index contributed by atoms with van der Waals surface area (Å²) in [5.74, 6) is 1.05. The van der Waals surface area contributed by atoms with Gasteiger partial charge >= 0.3 is 6.01 Å². The number of fused-ring (bicyclic) bond motifs is 2. The average Bonchev–Trinajstić information content (AvgIpc) is 3.44. The summed E-state index contributed by atoms with van der Waals surface area (Å²) in [7, 11) is 2.18. The van der Waals surface area contributed by atoms with Crippen LogP contribution >= 0.6 is 0 Å². The van der Waals surface area contributed by atoms with E-state index in [4.69, 9.17) is 14.7 Å². The molecule has 7 nitrogen and oxygen atoms in total. The highest BCUT2D eigenvalue weighted by molar-refractivity contribution is 5.54. The standard InChI is InChI=1S/C28H36N6O/c1-33-13-4-7-23(33)19-35-27-31-25-17-28(10-8-20-5-2-3-6-21(20)15-28)16-24(25)26(32-27)34-14-12-30-22(18-34)9-11-29/h2-3,5-6,22-23,30H,4,7-10,12-19H2,1H3/t22-,23-,28+/m0/s1. The van der Waals surface area contributed by atoms with Crippen molar-refractivity contribution < 1.29 is 4.74 Å². The number of nitrogens with one attached hydrogen (secondary N) is 1. The van der Waals surface area contributed by atoms with E-state index in [-0.39, 0.29) is 11.5 Å². The number of aryl methyl sites for hydroxylation is 1. The third kappa shape index (κ3) is 4.50. The fourth-order valence-electron chi connectivity index (χ4n) is 6.73. The number of likely N-dealkylation sites (tertiary alicyclic amines) is 1. The van der Waals surface area contributed by atoms with Crippen LogP contribution in [0.4, 0.5) is 5.82 Å². The molecule has 3 atom stereocenters. The maximum atomic E-state index is 9.26. The normalized spacial score (nSPS) is 28.1. The van der Waals surface area contributed by atoms with E-state index in [1.807, 2.05) is 0 Å². The molecule has 2 fully saturated rings. The molecule has 1 aromatic carbocycles. The Morgan fingerprint density at radius 1 is 1.17 bits per heavy atom. The number of rotatable bonds is 5. The molecule has 184 valence electrons. The summed E-state index contributed by atoms with van der Waals surface area (Å²) in [5.41, 5.74) is 5.72. The first kappa shape index (κ1) is 22.8. The van der Waals surface area contributed by atoms with E-state index in [2.05, 4.69) is 52.5 Å². The van der Waals surface area contributed by atoms with Crippen LogP contribution in [0.5, 0.6) is 6.01 Å². The predicted octanol–water partition coefficient (Wildman–Crippen LogP) is 2.92. The molecule has 3 heterocycles. The molecule has 2 aliphatic heterocycles. The monoisotopic (exact) mass is 472 g/mol. The lowest BCUT2D eigenvalue weighted by Gasteiger charge is -2.36. The average molecular weight is 473 g/mol. The van der Waals surface area contributed by atoms with Crippen LogP contribution in [0.2, 0.25) is 0 Å². The zero-order valence-electron chi connectivity index (χ0n) is 20.8. The lowest BCUT2D eigenvalue weighted by atomic mass is 9.70. The number of likely N-dealkylation sites (N-methyl/N-ethyl adjacent to an activating group) is 1. The van der Waals surface area contributed by atoms with Gasteiger partial charge in [0.05, 0.1) is 18.2 Å². The summed E-state index contributed by atoms with van der Waals surface area (Å²) in [5, 5.41) is 12.8. The van der Waals surface area contributed by atoms with Gasteiger partial charge in [0.25, 0.3) is 0 Å². The SMILES string of the molecule is CN1CCC[C@H]1COc1nc2c(c(N3CCN[C@@H](CC#N)C3)n1)C[C@]1(CCc3ccccc3C1)C2. The fourth-order valence-corrected chi connectivity index (χ4v) is 6.73. The number of nitrogens with zero attached hydrogens (tertiary/aromatic N) is 5. The van der Waals surface area contributed by atoms with E-state index in [0.29, 0.717) is 25.1 Å². The van der Waals surface area contributed by atoms with Gasteiger partial charge in [-0.25, -0.2) is 0 Å². The van der Waals surface area contributed by atoms with Crippen LogP contribution in [-0.2, 0) is 25.7 Å². The first-order valence-corrected chi connectivity index (χ1v) is 13.3. The van der Waals surface area contributed by atoms with Crippen molar-refractivity contribution in [3.05, 3.63) is 46.6 Å². The van der Waals surface area contributed by atoms with Gasteiger partial charge in [-0.1, -0.05) is 24.3 Å². The molecule has 0 bridgehead atoms. The van der Waals surface area contributed by atoms with Crippen molar-refractivity contribution in [2.75, 3.05) is 44.7 Å². The maximum Gasteiger partial charge on any atom is 0.318 e. The highest BCUT2D eigenvalue weighted by Crippen LogP contribution is 2.48. The quantitative estimate of drug-likeness (QED) is 0.717. The van der Waals surface area contributed by atoms with Crippen LogP contribution in [0, 0.1) is 16.7 Å². The number of hydrogen-bond donors (Lipinski definition) is 1. The van der Waals surface area contributed by atoms with Crippen molar-refractivity contribution >= 4 is 5.82 Å². The van der Waals surface area contributed by atoms with E-state index >= 15 is 0 Å². The maximum absolute atomic E-state index is 9.26. The first-order valence-electron chi connectivity index (χ1n) is 13.3. The third-order valence-electron chi connectivity index (χ3n) is 8.72. The summed E-state index contributed by atoms with van der Waals surface area (Å²) in [4.78, 5) is 14.8. The number of piperazine rings is 1. The predicted molar refractivity (Wildman–Crippen MR) is 136 cm³/mol. The molecule has 0 unspecified atom stereocenters. The summed E-state index contributed by atoms with van der Waals surface area (Å²) >= 11 is 0. The Bertz CT molecular complexity index is 1130. The summed E-state index contributed by atoms with van der Waals surface area (Å²) < 4.78 is 6.26. The van der Waals surface area contributed by atoms with Gasteiger partial charge < -0.3 is 19.9 Å². The molecule has 7 heteroatoms. The fraction of sp³-hybridized carbons (Fsp3) is 0.607. The minimum atomic E-state index is 0.174. The Kier molecular flexibility index (Phi) is 6.11. The molecule has 1 N–H and O–H groups in total. The van der Waals surface area contributed by atoms with E-state index < -0.39 is 0 Å². The van der Waals surface area contributed by atoms with Gasteiger partial charge in [0.2, 0.25) is 0 Å². The third-order valence-corrected chi connectivity index (χ3v) is 8.72. The van der Waals surface area contributed by atoms with Crippen molar-refractivity contribution in [2.24, 2.45) is 5.41 Å². The Morgan fingerprint density at radius 2 is 2.06 bits per heavy atom. The summed E-state index contributed by atoms with van der Waals surface area (Å²) in [6, 6.07) is 12.4. The molecule has 2 aliphatic carbocycles. The number of hydrogen-bond acceptors (Lipinski definition) is 7. The minimum Gasteiger partial charge on any atom is -0.462 e. The zero-order valence-corrected chi connectivity index (χ0v) is 20.8. The highest BCUT2D eigenvalue weighted by atomic mass is 16.5. The molecule has 1 aromatic heterocycles. The summed E-state index contributed by atoms with van der Waals surface area (Å²) in [6.45, 7) is 4.34. The van der Waals surface area contributed by atoms with Gasteiger partial charge in [0.1, 0.15) is 12.4 Å². The molecular formula is C28H36N6O. The number of anilines is 1. The van der Waals surface area contributed by atoms with Crippen molar-refractivity contribution in [2.45, 2.75) is 63.5 Å². The molecule has 1 spiro atoms. The zero-order chi connectivity index (χ0) is 23.8. The van der Waals surface area contributed by atoms with E-state index in [9.17, 15) is 5.26 Å². The Morgan fingerprint density at radius 3 is 2.89 bits per heavy atom.